The number of azo groups is 2. The number of amidine groups is 1. The third-order valence-electron chi connectivity index (χ3n) is 7.41. The number of halogens is 1. The van der Waals surface area contributed by atoms with E-state index in [0.29, 0.717) is 29.3 Å². The number of hydrogen-bond donors (Lipinski definition) is 9. The van der Waals surface area contributed by atoms with Crippen LogP contribution in [-0.2, 0) is 40.5 Å². The van der Waals surface area contributed by atoms with Crippen LogP contribution in [0.25, 0.3) is 0 Å². The van der Waals surface area contributed by atoms with Crippen LogP contribution >= 0.6 is 11.6 Å². The topological polar surface area (TPSA) is 392 Å². The summed E-state index contributed by atoms with van der Waals surface area (Å²) < 4.78 is 132. The number of rotatable bonds is 11. The first-order valence-corrected chi connectivity index (χ1v) is 21.7. The predicted octanol–water partition coefficient (Wildman–Crippen LogP) is 5.20. The van der Waals surface area contributed by atoms with Crippen LogP contribution in [0.2, 0.25) is 5.28 Å². The lowest BCUT2D eigenvalue weighted by atomic mass is 10.1. The van der Waals surface area contributed by atoms with Gasteiger partial charge in [0.2, 0.25) is 16.5 Å². The maximum absolute atomic E-state index is 11.9. The average molecular weight is 912 g/mol. The first-order valence-electron chi connectivity index (χ1n) is 15.5. The van der Waals surface area contributed by atoms with E-state index in [-0.39, 0.29) is 45.0 Å². The molecule has 0 radical (unpaired) electrons. The number of nitrogens with zero attached hydrogens (tertiary/aromatic N) is 7. The minimum Gasteiger partial charge on any atom is -0.481 e. The Bertz CT molecular complexity index is 3220. The number of nitrogens with one attached hydrogen (secondary N) is 4. The third-order valence-corrected chi connectivity index (χ3v) is 11.1. The Kier molecular flexibility index (Phi) is 12.4. The molecular formula is C30H26ClN11O13S4. The van der Waals surface area contributed by atoms with Crippen LogP contribution in [0, 0.1) is 19.3 Å². The highest BCUT2D eigenvalue weighted by Crippen LogP contribution is 2.35. The highest BCUT2D eigenvalue weighted by molar-refractivity contribution is 7.87. The van der Waals surface area contributed by atoms with Crippen LogP contribution in [0.3, 0.4) is 0 Å². The second kappa shape index (κ2) is 16.6. The molecule has 0 fully saturated rings. The number of benzene rings is 4. The molecule has 0 spiro atoms. The molecular weight excluding hydrogens is 886 g/mol. The molecule has 0 aliphatic rings. The lowest BCUT2D eigenvalue weighted by Gasteiger charge is -2.08. The van der Waals surface area contributed by atoms with E-state index in [2.05, 4.69) is 50.7 Å². The van der Waals surface area contributed by atoms with Gasteiger partial charge in [0.15, 0.2) is 0 Å². The molecule has 1 aromatic heterocycles. The van der Waals surface area contributed by atoms with Gasteiger partial charge in [-0.2, -0.15) is 48.9 Å². The molecule has 24 nitrogen and oxygen atoms in total. The van der Waals surface area contributed by atoms with Crippen molar-refractivity contribution in [2.45, 2.75) is 33.4 Å². The zero-order valence-electron chi connectivity index (χ0n) is 29.5. The Morgan fingerprint density at radius 1 is 0.627 bits per heavy atom. The fourth-order valence-electron chi connectivity index (χ4n) is 4.78. The van der Waals surface area contributed by atoms with Gasteiger partial charge in [-0.15, -0.1) is 10.2 Å². The van der Waals surface area contributed by atoms with Gasteiger partial charge in [0.05, 0.1) is 38.2 Å². The summed E-state index contributed by atoms with van der Waals surface area (Å²) in [7, 11) is -19.4. The van der Waals surface area contributed by atoms with Crippen molar-refractivity contribution in [1.29, 1.82) is 5.41 Å². The summed E-state index contributed by atoms with van der Waals surface area (Å²) in [6.07, 6.45) is 0. The Morgan fingerprint density at radius 3 is 1.63 bits per heavy atom. The third kappa shape index (κ3) is 11.3. The number of H-pyrrole nitrogens is 2. The molecule has 0 aliphatic heterocycles. The molecule has 5 rings (SSSR count). The summed E-state index contributed by atoms with van der Waals surface area (Å²) in [5.74, 6) is 0. The summed E-state index contributed by atoms with van der Waals surface area (Å²) in [5, 5.41) is 35.5. The number of aliphatic hydroxyl groups is 1. The largest absolute Gasteiger partial charge is 0.481 e. The lowest BCUT2D eigenvalue weighted by Crippen LogP contribution is -2.26. The second-order valence-electron chi connectivity index (χ2n) is 11.7. The van der Waals surface area contributed by atoms with Crippen molar-refractivity contribution in [1.82, 2.24) is 15.0 Å². The summed E-state index contributed by atoms with van der Waals surface area (Å²) in [6.45, 7) is 3.20. The normalized spacial score (nSPS) is 13.4. The number of anilines is 1. The van der Waals surface area contributed by atoms with Gasteiger partial charge in [-0.3, -0.25) is 28.6 Å². The highest BCUT2D eigenvalue weighted by Gasteiger charge is 2.21. The van der Waals surface area contributed by atoms with Crippen LogP contribution in [0.5, 0.6) is 0 Å². The molecule has 0 atom stereocenters. The zero-order valence-corrected chi connectivity index (χ0v) is 33.5. The summed E-state index contributed by atoms with van der Waals surface area (Å²) in [5.41, 5.74) is -0.318. The number of aromatic amines is 2. The van der Waals surface area contributed by atoms with Gasteiger partial charge in [-0.1, -0.05) is 0 Å². The fraction of sp³-hybridized carbons (Fsp3) is 0.0667. The minimum absolute atomic E-state index is 0.00221. The molecule has 59 heavy (non-hydrogen) atoms. The van der Waals surface area contributed by atoms with E-state index in [9.17, 15) is 57.0 Å². The summed E-state index contributed by atoms with van der Waals surface area (Å²) >= 11 is 6.08. The van der Waals surface area contributed by atoms with Gasteiger partial charge >= 0.3 is 0 Å². The monoisotopic (exact) mass is 911 g/mol. The molecule has 9 N–H and O–H groups in total. The van der Waals surface area contributed by atoms with Crippen molar-refractivity contribution in [3.63, 3.8) is 0 Å². The van der Waals surface area contributed by atoms with Gasteiger partial charge in [0.1, 0.15) is 21.2 Å². The van der Waals surface area contributed by atoms with E-state index < -0.39 is 77.5 Å². The van der Waals surface area contributed by atoms with Gasteiger partial charge < -0.3 is 15.4 Å². The van der Waals surface area contributed by atoms with E-state index in [1.165, 1.54) is 30.3 Å². The van der Waals surface area contributed by atoms with Gasteiger partial charge in [-0.05, 0) is 103 Å². The van der Waals surface area contributed by atoms with E-state index in [1.807, 2.05) is 0 Å². The standard InChI is InChI=1S/C30H26ClN11O13S4/c1-14-10-21(41-42-24-13-18(57(47,48)49)5-8-26(24)59(53,54)55)15(2)9-20(14)40-39-19-6-3-16(11-22(19)34-28(32)43)33-29-36-27(31)37-30(38-29)35-23-12-17(56(44,45)46)4-7-25(23)58(50,51)52/h3-13H,1-2H3,(H3,32,34,43)(H,44,45,46)(H,47,48,49)(H,50,51,52)(H,53,54,55)(H2,33,35,36,37,38). The molecule has 310 valence electrons. The van der Waals surface area contributed by atoms with Crippen molar-refractivity contribution < 1.29 is 57.0 Å². The van der Waals surface area contributed by atoms with Crippen molar-refractivity contribution in [2.75, 3.05) is 5.32 Å². The van der Waals surface area contributed by atoms with Gasteiger partial charge in [0, 0.05) is 0 Å². The minimum atomic E-state index is -4.94. The Balaban J connectivity index is 1.50. The SMILES string of the molecule is Cc1cc(N=Nc2cc(S(=O)(=O)O)ccc2S(=O)(=O)O)c(C)cc1N=Nc1ccc(N=c2nc(Cl)[nH]c(=Nc3cc(S(=O)(=O)O)ccc3S(=O)(=O)O)[nH]2)cc1NC(=N)O. The average Bonchev–Trinajstić information content (AvgIpc) is 3.09. The first-order chi connectivity index (χ1) is 27.3. The molecule has 4 aromatic carbocycles. The van der Waals surface area contributed by atoms with E-state index in [0.717, 1.165) is 18.2 Å². The summed E-state index contributed by atoms with van der Waals surface area (Å²) in [6, 6.07) is 10.4. The predicted molar refractivity (Wildman–Crippen MR) is 205 cm³/mol. The summed E-state index contributed by atoms with van der Waals surface area (Å²) in [4.78, 5) is 14.2. The molecule has 0 unspecified atom stereocenters. The smallest absolute Gasteiger partial charge is 0.296 e. The van der Waals surface area contributed by atoms with E-state index in [4.69, 9.17) is 17.0 Å². The highest BCUT2D eigenvalue weighted by atomic mass is 35.5. The van der Waals surface area contributed by atoms with Crippen LogP contribution in [0.4, 0.5) is 39.8 Å². The van der Waals surface area contributed by atoms with Crippen LogP contribution < -0.4 is 16.6 Å². The maximum Gasteiger partial charge on any atom is 0.296 e. The Hall–Kier alpha value is -6.11. The number of hydrogen-bond acceptors (Lipinski definition) is 16. The second-order valence-corrected chi connectivity index (χ2v) is 17.7. The van der Waals surface area contributed by atoms with E-state index >= 15 is 0 Å². The molecule has 29 heteroatoms. The molecule has 0 saturated carbocycles. The fourth-order valence-corrected chi connectivity index (χ4v) is 7.16. The van der Waals surface area contributed by atoms with Crippen LogP contribution in [0.1, 0.15) is 11.1 Å². The molecule has 0 amide bonds. The number of aliphatic hydroxyl groups excluding tert-OH is 1. The number of aromatic nitrogens is 3. The molecule has 5 aromatic rings. The molecule has 1 heterocycles. The van der Waals surface area contributed by atoms with Crippen LogP contribution in [-0.4, -0.2) is 78.0 Å². The first kappa shape index (κ1) is 44.0. The number of aryl methyl sites for hydroxylation is 2. The van der Waals surface area contributed by atoms with Crippen molar-refractivity contribution in [2.24, 2.45) is 30.4 Å². The Morgan fingerprint density at radius 2 is 1.12 bits per heavy atom. The van der Waals surface area contributed by atoms with Crippen molar-refractivity contribution >= 4 is 97.9 Å². The van der Waals surface area contributed by atoms with Crippen LogP contribution in [0.15, 0.2) is 117 Å². The van der Waals surface area contributed by atoms with Crippen molar-refractivity contribution in [3.8, 4) is 0 Å². The van der Waals surface area contributed by atoms with Gasteiger partial charge in [0.25, 0.3) is 46.5 Å². The molecule has 0 bridgehead atoms. The quantitative estimate of drug-likeness (QED) is 0.0356. The lowest BCUT2D eigenvalue weighted by molar-refractivity contribution is 0.478. The Labute approximate surface area is 337 Å². The molecule has 0 saturated heterocycles. The van der Waals surface area contributed by atoms with Crippen molar-refractivity contribution in [3.05, 3.63) is 94.4 Å². The van der Waals surface area contributed by atoms with E-state index in [1.54, 1.807) is 13.8 Å². The maximum atomic E-state index is 11.9. The zero-order chi connectivity index (χ0) is 43.7. The molecule has 0 aliphatic carbocycles. The van der Waals surface area contributed by atoms with Gasteiger partial charge in [-0.25, -0.2) is 9.98 Å².